The van der Waals surface area contributed by atoms with E-state index in [9.17, 15) is 45.6 Å². The van der Waals surface area contributed by atoms with Gasteiger partial charge in [-0.2, -0.15) is 0 Å². The van der Waals surface area contributed by atoms with Gasteiger partial charge in [-0.1, -0.05) is 12.1 Å². The van der Waals surface area contributed by atoms with Crippen LogP contribution in [0.5, 0.6) is 28.7 Å². The summed E-state index contributed by atoms with van der Waals surface area (Å²) in [5.74, 6) is -3.62. The second-order valence-corrected chi connectivity index (χ2v) is 7.70. The second-order valence-electron chi connectivity index (χ2n) is 7.70. The molecular formula is C21H22O12. The van der Waals surface area contributed by atoms with Gasteiger partial charge < -0.3 is 55.1 Å². The Morgan fingerprint density at radius 3 is 2.24 bits per heavy atom. The molecule has 8 N–H and O–H groups in total. The molecule has 0 bridgehead atoms. The number of aromatic hydroxyl groups is 3. The van der Waals surface area contributed by atoms with Crippen molar-refractivity contribution in [3.63, 3.8) is 0 Å². The van der Waals surface area contributed by atoms with Crippen LogP contribution in [-0.4, -0.2) is 90.1 Å². The molecule has 2 aromatic carbocycles. The third kappa shape index (κ3) is 3.93. The van der Waals surface area contributed by atoms with Crippen LogP contribution in [-0.2, 0) is 4.74 Å². The van der Waals surface area contributed by atoms with Crippen LogP contribution < -0.4 is 9.47 Å². The van der Waals surface area contributed by atoms with E-state index in [2.05, 4.69) is 0 Å². The molecule has 0 unspecified atom stereocenters. The zero-order valence-electron chi connectivity index (χ0n) is 16.8. The lowest BCUT2D eigenvalue weighted by Crippen LogP contribution is -2.60. The Hall–Kier alpha value is -3.13. The number of aliphatic hydroxyl groups is 5. The highest BCUT2D eigenvalue weighted by Gasteiger charge is 2.46. The van der Waals surface area contributed by atoms with Crippen molar-refractivity contribution in [2.24, 2.45) is 0 Å². The first-order valence-corrected chi connectivity index (χ1v) is 9.88. The average Bonchev–Trinajstić information content (AvgIpc) is 2.79. The maximum Gasteiger partial charge on any atom is 0.229 e. The molecule has 1 fully saturated rings. The Morgan fingerprint density at radius 2 is 1.61 bits per heavy atom. The van der Waals surface area contributed by atoms with E-state index >= 15 is 0 Å². The van der Waals surface area contributed by atoms with Crippen LogP contribution in [0.25, 0.3) is 0 Å². The highest BCUT2D eigenvalue weighted by molar-refractivity contribution is 6.06. The largest absolute Gasteiger partial charge is 0.508 e. The predicted molar refractivity (Wildman–Crippen MR) is 106 cm³/mol. The summed E-state index contributed by atoms with van der Waals surface area (Å²) in [5.41, 5.74) is -0.158. The minimum Gasteiger partial charge on any atom is -0.508 e. The first kappa shape index (κ1) is 23.0. The summed E-state index contributed by atoms with van der Waals surface area (Å²) in [7, 11) is 0. The van der Waals surface area contributed by atoms with Crippen LogP contribution in [0.15, 0.2) is 30.3 Å². The summed E-state index contributed by atoms with van der Waals surface area (Å²) in [6.07, 6.45) is -11.3. The van der Waals surface area contributed by atoms with E-state index in [-0.39, 0.29) is 11.5 Å². The molecule has 0 radical (unpaired) electrons. The maximum absolute atomic E-state index is 12.8. The Balaban J connectivity index is 1.66. The lowest BCUT2D eigenvalue weighted by atomic mass is 9.92. The van der Waals surface area contributed by atoms with Gasteiger partial charge in [0, 0.05) is 6.07 Å². The molecule has 12 nitrogen and oxygen atoms in total. The van der Waals surface area contributed by atoms with Crippen molar-refractivity contribution in [2.45, 2.75) is 42.9 Å². The molecule has 0 amide bonds. The van der Waals surface area contributed by atoms with Crippen molar-refractivity contribution in [1.29, 1.82) is 0 Å². The van der Waals surface area contributed by atoms with Gasteiger partial charge in [0.15, 0.2) is 23.7 Å². The predicted octanol–water partition coefficient (Wildman–Crippen LogP) is -1.34. The van der Waals surface area contributed by atoms with Crippen molar-refractivity contribution in [3.05, 3.63) is 41.5 Å². The van der Waals surface area contributed by atoms with E-state index in [1.54, 1.807) is 0 Å². The van der Waals surface area contributed by atoms with Gasteiger partial charge >= 0.3 is 0 Å². The van der Waals surface area contributed by atoms with Crippen LogP contribution in [0, 0.1) is 0 Å². The molecular weight excluding hydrogens is 444 g/mol. The fraction of sp³-hybridized carbons (Fsp3) is 0.381. The maximum atomic E-state index is 12.8. The molecule has 2 aliphatic heterocycles. The normalized spacial score (nSPS) is 31.5. The van der Waals surface area contributed by atoms with Crippen molar-refractivity contribution < 1.29 is 59.9 Å². The highest BCUT2D eigenvalue weighted by atomic mass is 16.7. The van der Waals surface area contributed by atoms with Crippen LogP contribution in [0.2, 0.25) is 0 Å². The van der Waals surface area contributed by atoms with Gasteiger partial charge in [0.05, 0.1) is 6.61 Å². The van der Waals surface area contributed by atoms with E-state index in [0.29, 0.717) is 5.56 Å². The number of aliphatic hydroxyl groups excluding tert-OH is 5. The molecule has 0 aromatic heterocycles. The molecule has 12 heteroatoms. The number of phenolic OH excluding ortho intramolecular Hbond substituents is 3. The summed E-state index contributed by atoms with van der Waals surface area (Å²) in [6, 6.07) is 6.47. The van der Waals surface area contributed by atoms with Crippen LogP contribution >= 0.6 is 0 Å². The van der Waals surface area contributed by atoms with E-state index in [4.69, 9.17) is 14.2 Å². The minimum atomic E-state index is -1.84. The van der Waals surface area contributed by atoms with Crippen LogP contribution in [0.4, 0.5) is 0 Å². The zero-order chi connectivity index (χ0) is 24.0. The number of Topliss-reactive ketones (excluding diaryl/α,β-unsaturated/α-hetero) is 1. The molecule has 7 atom stereocenters. The monoisotopic (exact) mass is 466 g/mol. The Morgan fingerprint density at radius 1 is 0.939 bits per heavy atom. The van der Waals surface area contributed by atoms with Gasteiger partial charge in [0.2, 0.25) is 17.8 Å². The quantitative estimate of drug-likeness (QED) is 0.263. The molecule has 0 spiro atoms. The Bertz CT molecular complexity index is 1040. The number of fused-ring (bicyclic) bond motifs is 1. The van der Waals surface area contributed by atoms with E-state index in [1.807, 2.05) is 0 Å². The van der Waals surface area contributed by atoms with Crippen molar-refractivity contribution in [3.8, 4) is 28.7 Å². The second kappa shape index (κ2) is 8.67. The fourth-order valence-electron chi connectivity index (χ4n) is 3.74. The third-order valence-corrected chi connectivity index (χ3v) is 5.56. The van der Waals surface area contributed by atoms with Crippen LogP contribution in [0.1, 0.15) is 22.0 Å². The SMILES string of the molecule is O=C1c2c(cc(O)c(O[C@@H]3O[C@H](CO)[C@@H](O)[C@H](O)[C@H]3O)c2O)O[C@@H](c2ccc(O)cc2)[C@@H]1O. The topological polar surface area (TPSA) is 207 Å². The summed E-state index contributed by atoms with van der Waals surface area (Å²) in [6.45, 7) is -0.732. The number of carbonyl (C=O) groups excluding carboxylic acids is 1. The average molecular weight is 466 g/mol. The lowest BCUT2D eigenvalue weighted by Gasteiger charge is -2.39. The fourth-order valence-corrected chi connectivity index (χ4v) is 3.74. The Kier molecular flexibility index (Phi) is 6.05. The molecule has 2 aliphatic rings. The summed E-state index contributed by atoms with van der Waals surface area (Å²) >= 11 is 0. The number of phenols is 3. The van der Waals surface area contributed by atoms with E-state index in [1.165, 1.54) is 24.3 Å². The molecule has 1 saturated heterocycles. The number of hydrogen-bond acceptors (Lipinski definition) is 12. The van der Waals surface area contributed by atoms with Gasteiger partial charge in [-0.15, -0.1) is 0 Å². The summed E-state index contributed by atoms with van der Waals surface area (Å²) < 4.78 is 16.1. The number of ether oxygens (including phenoxy) is 3. The summed E-state index contributed by atoms with van der Waals surface area (Å²) in [4.78, 5) is 12.8. The van der Waals surface area contributed by atoms with E-state index < -0.39 is 78.1 Å². The third-order valence-electron chi connectivity index (χ3n) is 5.56. The number of benzene rings is 2. The van der Waals surface area contributed by atoms with Crippen LogP contribution in [0.3, 0.4) is 0 Å². The van der Waals surface area contributed by atoms with Gasteiger partial charge in [-0.3, -0.25) is 4.79 Å². The molecule has 33 heavy (non-hydrogen) atoms. The summed E-state index contributed by atoms with van der Waals surface area (Å²) in [5, 5.41) is 80.1. The number of carbonyl (C=O) groups is 1. The molecule has 2 heterocycles. The van der Waals surface area contributed by atoms with Gasteiger partial charge in [-0.25, -0.2) is 0 Å². The molecule has 4 rings (SSSR count). The molecule has 0 aliphatic carbocycles. The van der Waals surface area contributed by atoms with Crippen molar-refractivity contribution in [1.82, 2.24) is 0 Å². The minimum absolute atomic E-state index is 0.0407. The first-order valence-electron chi connectivity index (χ1n) is 9.88. The lowest BCUT2D eigenvalue weighted by molar-refractivity contribution is -0.277. The highest BCUT2D eigenvalue weighted by Crippen LogP contribution is 2.49. The molecule has 0 saturated carbocycles. The Labute approximate surface area is 186 Å². The standard InChI is InChI=1S/C21H22O12/c22-6-11-13(25)16(28)18(30)21(32-11)33-20-9(24)5-10-12(15(20)27)14(26)17(29)19(31-10)7-1-3-8(23)4-2-7/h1-5,11,13,16-19,21-25,27-30H,6H2/t11-,13-,16+,17-,18-,19+,21+/m1/s1. The smallest absolute Gasteiger partial charge is 0.229 e. The molecule has 2 aromatic rings. The van der Waals surface area contributed by atoms with Gasteiger partial charge in [-0.05, 0) is 17.7 Å². The van der Waals surface area contributed by atoms with Crippen molar-refractivity contribution in [2.75, 3.05) is 6.61 Å². The molecule has 178 valence electrons. The van der Waals surface area contributed by atoms with Gasteiger partial charge in [0.25, 0.3) is 0 Å². The van der Waals surface area contributed by atoms with Gasteiger partial charge in [0.1, 0.15) is 41.5 Å². The van der Waals surface area contributed by atoms with E-state index in [0.717, 1.165) is 6.07 Å². The first-order chi connectivity index (χ1) is 15.6. The number of rotatable bonds is 4. The number of hydrogen-bond donors (Lipinski definition) is 8. The van der Waals surface area contributed by atoms with Crippen molar-refractivity contribution >= 4 is 5.78 Å². The zero-order valence-corrected chi connectivity index (χ0v) is 16.8. The number of ketones is 1.